The largest absolute Gasteiger partial charge is 0.378 e. The van der Waals surface area contributed by atoms with E-state index >= 15 is 0 Å². The van der Waals surface area contributed by atoms with Crippen LogP contribution in [0.15, 0.2) is 18.2 Å². The smallest absolute Gasteiger partial charge is 0.163 e. The van der Waals surface area contributed by atoms with E-state index in [2.05, 4.69) is 13.0 Å². The van der Waals surface area contributed by atoms with Gasteiger partial charge in [0.2, 0.25) is 0 Å². The minimum atomic E-state index is 0.252. The van der Waals surface area contributed by atoms with Gasteiger partial charge in [0.05, 0.1) is 6.10 Å². The van der Waals surface area contributed by atoms with Gasteiger partial charge in [0.25, 0.3) is 0 Å². The normalized spacial score (nSPS) is 19.8. The molecule has 1 aromatic carbocycles. The van der Waals surface area contributed by atoms with Crippen LogP contribution in [0.1, 0.15) is 53.6 Å². The average molecular weight is 246 g/mol. The predicted molar refractivity (Wildman–Crippen MR) is 73.1 cm³/mol. The molecule has 0 spiro atoms. The zero-order valence-corrected chi connectivity index (χ0v) is 11.4. The molecule has 1 fully saturated rings. The molecule has 1 unspecified atom stereocenters. The molecule has 1 atom stereocenters. The van der Waals surface area contributed by atoms with E-state index in [1.807, 2.05) is 19.1 Å². The SMILES string of the molecule is Cc1ccc(C(=O)CCC2CCCCO2)c(C)c1. The maximum absolute atomic E-state index is 12.2. The standard InChI is InChI=1S/C16H22O2/c1-12-6-8-15(13(2)11-12)16(17)9-7-14-5-3-4-10-18-14/h6,8,11,14H,3-5,7,9-10H2,1-2H3. The van der Waals surface area contributed by atoms with Crippen molar-refractivity contribution in [2.45, 2.75) is 52.1 Å². The molecule has 1 aliphatic rings. The molecular formula is C16H22O2. The molecule has 2 nitrogen and oxygen atoms in total. The van der Waals surface area contributed by atoms with E-state index in [9.17, 15) is 4.79 Å². The molecule has 0 amide bonds. The Morgan fingerprint density at radius 3 is 2.83 bits per heavy atom. The van der Waals surface area contributed by atoms with Gasteiger partial charge in [-0.25, -0.2) is 0 Å². The molecule has 0 saturated carbocycles. The van der Waals surface area contributed by atoms with Crippen LogP contribution in [0.5, 0.6) is 0 Å². The summed E-state index contributed by atoms with van der Waals surface area (Å²) in [6, 6.07) is 6.04. The summed E-state index contributed by atoms with van der Waals surface area (Å²) in [6.45, 7) is 4.93. The lowest BCUT2D eigenvalue weighted by Gasteiger charge is -2.22. The molecular weight excluding hydrogens is 224 g/mol. The number of carbonyl (C=O) groups excluding carboxylic acids is 1. The summed E-state index contributed by atoms with van der Waals surface area (Å²) in [5.74, 6) is 0.252. The fourth-order valence-electron chi connectivity index (χ4n) is 2.59. The number of ketones is 1. The lowest BCUT2D eigenvalue weighted by Crippen LogP contribution is -2.20. The third-order valence-corrected chi connectivity index (χ3v) is 3.65. The van der Waals surface area contributed by atoms with E-state index in [0.29, 0.717) is 12.5 Å². The van der Waals surface area contributed by atoms with E-state index in [1.54, 1.807) is 0 Å². The van der Waals surface area contributed by atoms with Crippen LogP contribution in [-0.4, -0.2) is 18.5 Å². The number of hydrogen-bond acceptors (Lipinski definition) is 2. The van der Waals surface area contributed by atoms with Crippen LogP contribution in [0.4, 0.5) is 0 Å². The maximum atomic E-state index is 12.2. The Balaban J connectivity index is 1.90. The van der Waals surface area contributed by atoms with Crippen molar-refractivity contribution in [3.63, 3.8) is 0 Å². The Kier molecular flexibility index (Phi) is 4.54. The maximum Gasteiger partial charge on any atom is 0.163 e. The van der Waals surface area contributed by atoms with Crippen molar-refractivity contribution in [2.24, 2.45) is 0 Å². The molecule has 0 N–H and O–H groups in total. The molecule has 1 aliphatic heterocycles. The monoisotopic (exact) mass is 246 g/mol. The third kappa shape index (κ3) is 3.42. The number of Topliss-reactive ketones (excluding diaryl/α,β-unsaturated/α-hetero) is 1. The number of ether oxygens (including phenoxy) is 1. The highest BCUT2D eigenvalue weighted by Crippen LogP contribution is 2.19. The molecule has 98 valence electrons. The molecule has 0 radical (unpaired) electrons. The molecule has 0 aliphatic carbocycles. The molecule has 18 heavy (non-hydrogen) atoms. The predicted octanol–water partition coefficient (Wildman–Crippen LogP) is 3.84. The molecule has 1 saturated heterocycles. The Morgan fingerprint density at radius 1 is 1.33 bits per heavy atom. The summed E-state index contributed by atoms with van der Waals surface area (Å²) in [6.07, 6.45) is 5.29. The van der Waals surface area contributed by atoms with Crippen molar-refractivity contribution < 1.29 is 9.53 Å². The van der Waals surface area contributed by atoms with Gasteiger partial charge in [-0.1, -0.05) is 23.8 Å². The fourth-order valence-corrected chi connectivity index (χ4v) is 2.59. The molecule has 1 aromatic rings. The van der Waals surface area contributed by atoms with Crippen molar-refractivity contribution >= 4 is 5.78 Å². The highest BCUT2D eigenvalue weighted by molar-refractivity contribution is 5.97. The van der Waals surface area contributed by atoms with E-state index in [0.717, 1.165) is 30.6 Å². The van der Waals surface area contributed by atoms with Crippen LogP contribution in [0.3, 0.4) is 0 Å². The van der Waals surface area contributed by atoms with Gasteiger partial charge >= 0.3 is 0 Å². The van der Waals surface area contributed by atoms with E-state index < -0.39 is 0 Å². The van der Waals surface area contributed by atoms with E-state index in [1.165, 1.54) is 18.4 Å². The van der Waals surface area contributed by atoms with Crippen molar-refractivity contribution in [1.82, 2.24) is 0 Å². The van der Waals surface area contributed by atoms with Gasteiger partial charge in [0.15, 0.2) is 5.78 Å². The van der Waals surface area contributed by atoms with Crippen molar-refractivity contribution in [2.75, 3.05) is 6.61 Å². The van der Waals surface area contributed by atoms with E-state index in [4.69, 9.17) is 4.74 Å². The van der Waals surface area contributed by atoms with Gasteiger partial charge in [-0.15, -0.1) is 0 Å². The number of rotatable bonds is 4. The first-order valence-corrected chi connectivity index (χ1v) is 6.89. The first kappa shape index (κ1) is 13.3. The van der Waals surface area contributed by atoms with Gasteiger partial charge in [0, 0.05) is 18.6 Å². The highest BCUT2D eigenvalue weighted by Gasteiger charge is 2.16. The molecule has 2 heteroatoms. The van der Waals surface area contributed by atoms with Gasteiger partial charge in [-0.05, 0) is 45.1 Å². The fraction of sp³-hybridized carbons (Fsp3) is 0.562. The zero-order valence-electron chi connectivity index (χ0n) is 11.4. The second-order valence-electron chi connectivity index (χ2n) is 5.27. The molecule has 1 heterocycles. The average Bonchev–Trinajstić information content (AvgIpc) is 2.37. The third-order valence-electron chi connectivity index (χ3n) is 3.65. The number of aryl methyl sites for hydroxylation is 2. The Bertz CT molecular complexity index is 417. The lowest BCUT2D eigenvalue weighted by molar-refractivity contribution is 0.0104. The quantitative estimate of drug-likeness (QED) is 0.755. The summed E-state index contributed by atoms with van der Waals surface area (Å²) >= 11 is 0. The second kappa shape index (κ2) is 6.14. The summed E-state index contributed by atoms with van der Waals surface area (Å²) < 4.78 is 5.66. The highest BCUT2D eigenvalue weighted by atomic mass is 16.5. The summed E-state index contributed by atoms with van der Waals surface area (Å²) in [5.41, 5.74) is 3.17. The Labute approximate surface area is 109 Å². The topological polar surface area (TPSA) is 26.3 Å². The number of benzene rings is 1. The summed E-state index contributed by atoms with van der Waals surface area (Å²) in [4.78, 5) is 12.2. The van der Waals surface area contributed by atoms with Crippen molar-refractivity contribution in [3.05, 3.63) is 34.9 Å². The number of hydrogen-bond donors (Lipinski definition) is 0. The van der Waals surface area contributed by atoms with Crippen LogP contribution < -0.4 is 0 Å². The van der Waals surface area contributed by atoms with Gasteiger partial charge in [0.1, 0.15) is 0 Å². The van der Waals surface area contributed by atoms with Gasteiger partial charge in [-0.2, -0.15) is 0 Å². The van der Waals surface area contributed by atoms with Crippen LogP contribution in [0, 0.1) is 13.8 Å². The minimum absolute atomic E-state index is 0.252. The van der Waals surface area contributed by atoms with E-state index in [-0.39, 0.29) is 5.78 Å². The Morgan fingerprint density at radius 2 is 2.17 bits per heavy atom. The lowest BCUT2D eigenvalue weighted by atomic mass is 9.97. The first-order valence-electron chi connectivity index (χ1n) is 6.89. The van der Waals surface area contributed by atoms with Crippen molar-refractivity contribution in [3.8, 4) is 0 Å². The van der Waals surface area contributed by atoms with Crippen LogP contribution >= 0.6 is 0 Å². The second-order valence-corrected chi connectivity index (χ2v) is 5.27. The zero-order chi connectivity index (χ0) is 13.0. The van der Waals surface area contributed by atoms with Gasteiger partial charge in [-0.3, -0.25) is 4.79 Å². The first-order chi connectivity index (χ1) is 8.66. The number of carbonyl (C=O) groups is 1. The van der Waals surface area contributed by atoms with Crippen LogP contribution in [0.2, 0.25) is 0 Å². The van der Waals surface area contributed by atoms with Crippen molar-refractivity contribution in [1.29, 1.82) is 0 Å². The van der Waals surface area contributed by atoms with Crippen LogP contribution in [0.25, 0.3) is 0 Å². The molecule has 0 aromatic heterocycles. The molecule has 2 rings (SSSR count). The Hall–Kier alpha value is -1.15. The van der Waals surface area contributed by atoms with Gasteiger partial charge < -0.3 is 4.74 Å². The molecule has 0 bridgehead atoms. The summed E-state index contributed by atoms with van der Waals surface area (Å²) in [7, 11) is 0. The van der Waals surface area contributed by atoms with Crippen LogP contribution in [-0.2, 0) is 4.74 Å². The minimum Gasteiger partial charge on any atom is -0.378 e. The summed E-state index contributed by atoms with van der Waals surface area (Å²) in [5, 5.41) is 0.